The summed E-state index contributed by atoms with van der Waals surface area (Å²) in [7, 11) is 0. The molecule has 1 N–H and O–H groups in total. The molecular formula is C10H8F3N3. The molecule has 0 aliphatic carbocycles. The van der Waals surface area contributed by atoms with Crippen LogP contribution in [0, 0.1) is 6.92 Å². The molecular weight excluding hydrogens is 219 g/mol. The van der Waals surface area contributed by atoms with E-state index in [-0.39, 0.29) is 11.4 Å². The molecule has 3 nitrogen and oxygen atoms in total. The normalized spacial score (nSPS) is 11.8. The van der Waals surface area contributed by atoms with Gasteiger partial charge in [-0.05, 0) is 13.0 Å². The number of rotatable bonds is 1. The third kappa shape index (κ3) is 1.91. The number of halogens is 3. The van der Waals surface area contributed by atoms with Gasteiger partial charge in [0, 0.05) is 5.56 Å². The summed E-state index contributed by atoms with van der Waals surface area (Å²) < 4.78 is 38.0. The van der Waals surface area contributed by atoms with Crippen LogP contribution in [0.4, 0.5) is 13.2 Å². The molecule has 2 aromatic rings. The maximum atomic E-state index is 12.7. The molecule has 1 aromatic carbocycles. The molecule has 0 bridgehead atoms. The van der Waals surface area contributed by atoms with Gasteiger partial charge in [-0.2, -0.15) is 18.3 Å². The van der Waals surface area contributed by atoms with Crippen LogP contribution < -0.4 is 0 Å². The van der Waals surface area contributed by atoms with Crippen molar-refractivity contribution in [1.29, 1.82) is 0 Å². The molecule has 0 spiro atoms. The van der Waals surface area contributed by atoms with Crippen LogP contribution in [0.5, 0.6) is 0 Å². The highest BCUT2D eigenvalue weighted by Crippen LogP contribution is 2.35. The van der Waals surface area contributed by atoms with Crippen LogP contribution >= 0.6 is 0 Å². The highest BCUT2D eigenvalue weighted by atomic mass is 19.4. The highest BCUT2D eigenvalue weighted by Gasteiger charge is 2.34. The van der Waals surface area contributed by atoms with Gasteiger partial charge >= 0.3 is 6.18 Å². The fraction of sp³-hybridized carbons (Fsp3) is 0.200. The summed E-state index contributed by atoms with van der Waals surface area (Å²) in [6.45, 7) is 1.63. The Balaban J connectivity index is 2.57. The van der Waals surface area contributed by atoms with E-state index in [0.29, 0.717) is 5.82 Å². The van der Waals surface area contributed by atoms with Crippen LogP contribution in [0.3, 0.4) is 0 Å². The third-order valence-electron chi connectivity index (χ3n) is 2.07. The van der Waals surface area contributed by atoms with Gasteiger partial charge in [-0.3, -0.25) is 5.10 Å². The van der Waals surface area contributed by atoms with Crippen molar-refractivity contribution in [2.24, 2.45) is 0 Å². The molecule has 1 aromatic heterocycles. The minimum atomic E-state index is -4.40. The van der Waals surface area contributed by atoms with Crippen LogP contribution in [0.1, 0.15) is 11.4 Å². The summed E-state index contributed by atoms with van der Waals surface area (Å²) in [5, 5.41) is 6.24. The lowest BCUT2D eigenvalue weighted by Gasteiger charge is -2.09. The van der Waals surface area contributed by atoms with Crippen LogP contribution in [0.15, 0.2) is 24.3 Å². The molecule has 6 heteroatoms. The van der Waals surface area contributed by atoms with E-state index < -0.39 is 11.7 Å². The second-order valence-electron chi connectivity index (χ2n) is 3.29. The Morgan fingerprint density at radius 3 is 2.44 bits per heavy atom. The first-order valence-electron chi connectivity index (χ1n) is 4.54. The smallest absolute Gasteiger partial charge is 0.263 e. The van der Waals surface area contributed by atoms with Gasteiger partial charge in [0.1, 0.15) is 5.82 Å². The number of nitrogens with zero attached hydrogens (tertiary/aromatic N) is 2. The zero-order valence-corrected chi connectivity index (χ0v) is 8.34. The molecule has 0 radical (unpaired) electrons. The number of aromatic nitrogens is 3. The Bertz CT molecular complexity index is 502. The summed E-state index contributed by atoms with van der Waals surface area (Å²) >= 11 is 0. The number of hydrogen-bond acceptors (Lipinski definition) is 2. The lowest BCUT2D eigenvalue weighted by atomic mass is 10.1. The first-order valence-corrected chi connectivity index (χ1v) is 4.54. The van der Waals surface area contributed by atoms with Gasteiger partial charge in [-0.1, -0.05) is 18.2 Å². The van der Waals surface area contributed by atoms with E-state index in [1.807, 2.05) is 0 Å². The summed E-state index contributed by atoms with van der Waals surface area (Å²) in [4.78, 5) is 3.89. The number of nitrogens with one attached hydrogen (secondary N) is 1. The second kappa shape index (κ2) is 3.62. The fourth-order valence-corrected chi connectivity index (χ4v) is 1.39. The van der Waals surface area contributed by atoms with E-state index in [1.54, 1.807) is 6.92 Å². The van der Waals surface area contributed by atoms with Crippen molar-refractivity contribution in [2.45, 2.75) is 13.1 Å². The minimum absolute atomic E-state index is 0.0145. The first-order chi connectivity index (χ1) is 7.48. The van der Waals surface area contributed by atoms with Gasteiger partial charge in [-0.15, -0.1) is 0 Å². The fourth-order valence-electron chi connectivity index (χ4n) is 1.39. The second-order valence-corrected chi connectivity index (χ2v) is 3.29. The number of H-pyrrole nitrogens is 1. The van der Waals surface area contributed by atoms with Gasteiger partial charge < -0.3 is 0 Å². The van der Waals surface area contributed by atoms with Crippen molar-refractivity contribution in [2.75, 3.05) is 0 Å². The molecule has 84 valence electrons. The Hall–Kier alpha value is -1.85. The molecule has 0 aliphatic rings. The molecule has 1 heterocycles. The van der Waals surface area contributed by atoms with E-state index in [9.17, 15) is 13.2 Å². The van der Waals surface area contributed by atoms with Crippen molar-refractivity contribution >= 4 is 0 Å². The third-order valence-corrected chi connectivity index (χ3v) is 2.07. The van der Waals surface area contributed by atoms with Crippen molar-refractivity contribution < 1.29 is 13.2 Å². The minimum Gasteiger partial charge on any atom is -0.263 e. The largest absolute Gasteiger partial charge is 0.417 e. The number of aromatic amines is 1. The topological polar surface area (TPSA) is 41.6 Å². The summed E-state index contributed by atoms with van der Waals surface area (Å²) in [5.41, 5.74) is -0.742. The number of aryl methyl sites for hydroxylation is 1. The van der Waals surface area contributed by atoms with Gasteiger partial charge in [0.05, 0.1) is 5.56 Å². The number of hydrogen-bond donors (Lipinski definition) is 1. The Morgan fingerprint density at radius 2 is 1.88 bits per heavy atom. The summed E-state index contributed by atoms with van der Waals surface area (Å²) in [6.07, 6.45) is -4.40. The molecule has 0 saturated heterocycles. The molecule has 0 atom stereocenters. The molecule has 0 aliphatic heterocycles. The Kier molecular flexibility index (Phi) is 2.41. The van der Waals surface area contributed by atoms with Gasteiger partial charge in [-0.25, -0.2) is 4.98 Å². The van der Waals surface area contributed by atoms with E-state index in [0.717, 1.165) is 6.07 Å². The number of alkyl halides is 3. The SMILES string of the molecule is Cc1nc(-c2ccccc2C(F)(F)F)n[nH]1. The quantitative estimate of drug-likeness (QED) is 0.813. The van der Waals surface area contributed by atoms with Gasteiger partial charge in [0.15, 0.2) is 5.82 Å². The zero-order valence-electron chi connectivity index (χ0n) is 8.34. The van der Waals surface area contributed by atoms with E-state index in [1.165, 1.54) is 18.2 Å². The average molecular weight is 227 g/mol. The molecule has 0 amide bonds. The van der Waals surface area contributed by atoms with Gasteiger partial charge in [0.2, 0.25) is 0 Å². The average Bonchev–Trinajstić information content (AvgIpc) is 2.64. The molecule has 0 unspecified atom stereocenters. The summed E-state index contributed by atoms with van der Waals surface area (Å²) in [6, 6.07) is 5.23. The predicted octanol–water partition coefficient (Wildman–Crippen LogP) is 2.80. The lowest BCUT2D eigenvalue weighted by Crippen LogP contribution is -2.07. The zero-order chi connectivity index (χ0) is 11.8. The van der Waals surface area contributed by atoms with E-state index >= 15 is 0 Å². The predicted molar refractivity (Wildman–Crippen MR) is 51.6 cm³/mol. The molecule has 2 rings (SSSR count). The molecule has 0 fully saturated rings. The molecule has 0 saturated carbocycles. The van der Waals surface area contributed by atoms with Crippen LogP contribution in [-0.2, 0) is 6.18 Å². The van der Waals surface area contributed by atoms with Crippen molar-refractivity contribution in [3.05, 3.63) is 35.7 Å². The maximum absolute atomic E-state index is 12.7. The maximum Gasteiger partial charge on any atom is 0.417 e. The Morgan fingerprint density at radius 1 is 1.19 bits per heavy atom. The van der Waals surface area contributed by atoms with E-state index in [2.05, 4.69) is 15.2 Å². The van der Waals surface area contributed by atoms with Crippen molar-refractivity contribution in [3.8, 4) is 11.4 Å². The molecule has 16 heavy (non-hydrogen) atoms. The van der Waals surface area contributed by atoms with Crippen molar-refractivity contribution in [1.82, 2.24) is 15.2 Å². The monoisotopic (exact) mass is 227 g/mol. The van der Waals surface area contributed by atoms with Crippen LogP contribution in [0.25, 0.3) is 11.4 Å². The summed E-state index contributed by atoms with van der Waals surface area (Å²) in [5.74, 6) is 0.539. The Labute approximate surface area is 89.3 Å². The standard InChI is InChI=1S/C10H8F3N3/c1-6-14-9(16-15-6)7-4-2-3-5-8(7)10(11,12)13/h2-5H,1H3,(H,14,15,16). The van der Waals surface area contributed by atoms with E-state index in [4.69, 9.17) is 0 Å². The van der Waals surface area contributed by atoms with Crippen molar-refractivity contribution in [3.63, 3.8) is 0 Å². The lowest BCUT2D eigenvalue weighted by molar-refractivity contribution is -0.137. The van der Waals surface area contributed by atoms with Gasteiger partial charge in [0.25, 0.3) is 0 Å². The highest BCUT2D eigenvalue weighted by molar-refractivity contribution is 5.60. The van der Waals surface area contributed by atoms with Crippen LogP contribution in [0.2, 0.25) is 0 Å². The number of benzene rings is 1. The van der Waals surface area contributed by atoms with Crippen LogP contribution in [-0.4, -0.2) is 15.2 Å². The first kappa shape index (κ1) is 10.7.